The normalized spacial score (nSPS) is 17.4. The summed E-state index contributed by atoms with van der Waals surface area (Å²) in [6, 6.07) is 16.0. The van der Waals surface area contributed by atoms with Crippen LogP contribution in [0.15, 0.2) is 59.6 Å². The molecule has 0 radical (unpaired) electrons. The first kappa shape index (κ1) is 20.6. The highest BCUT2D eigenvalue weighted by Gasteiger charge is 2.38. The summed E-state index contributed by atoms with van der Waals surface area (Å²) in [4.78, 5) is 42.6. The van der Waals surface area contributed by atoms with Crippen molar-refractivity contribution in [2.75, 3.05) is 11.9 Å². The number of thioether (sulfide) groups is 1. The number of hydrogen-bond donors (Lipinski definition) is 1. The van der Waals surface area contributed by atoms with E-state index in [0.717, 1.165) is 5.69 Å². The Morgan fingerprint density at radius 2 is 1.83 bits per heavy atom. The van der Waals surface area contributed by atoms with Crippen LogP contribution in [0.4, 0.5) is 11.4 Å². The van der Waals surface area contributed by atoms with Crippen molar-refractivity contribution in [2.45, 2.75) is 25.5 Å². The lowest BCUT2D eigenvalue weighted by molar-refractivity contribution is -0.132. The molecule has 7 nitrogen and oxygen atoms in total. The van der Waals surface area contributed by atoms with Crippen molar-refractivity contribution in [1.82, 2.24) is 4.90 Å². The minimum Gasteiger partial charge on any atom is -0.424 e. The zero-order valence-corrected chi connectivity index (χ0v) is 16.9. The van der Waals surface area contributed by atoms with Gasteiger partial charge in [0, 0.05) is 19.9 Å². The first-order valence-electron chi connectivity index (χ1n) is 9.17. The molecule has 0 bridgehead atoms. The number of ether oxygens (including phenoxy) is 1. The van der Waals surface area contributed by atoms with Crippen molar-refractivity contribution in [2.24, 2.45) is 4.99 Å². The summed E-state index contributed by atoms with van der Waals surface area (Å²) in [5, 5.41) is 2.75. The summed E-state index contributed by atoms with van der Waals surface area (Å²) in [5.41, 5.74) is 1.13. The predicted molar refractivity (Wildman–Crippen MR) is 113 cm³/mol. The van der Waals surface area contributed by atoms with Crippen LogP contribution in [0, 0.1) is 0 Å². The zero-order valence-electron chi connectivity index (χ0n) is 16.1. The number of carbonyl (C=O) groups is 3. The molecule has 150 valence electrons. The molecule has 0 spiro atoms. The molecule has 0 aliphatic carbocycles. The summed E-state index contributed by atoms with van der Waals surface area (Å²) in [7, 11) is 0. The van der Waals surface area contributed by atoms with Gasteiger partial charge in [-0.2, -0.15) is 0 Å². The van der Waals surface area contributed by atoms with Gasteiger partial charge in [-0.3, -0.25) is 19.3 Å². The Labute approximate surface area is 173 Å². The molecule has 2 aromatic rings. The molecule has 1 unspecified atom stereocenters. The molecule has 1 atom stereocenters. The van der Waals surface area contributed by atoms with Crippen molar-refractivity contribution in [3.63, 3.8) is 0 Å². The molecule has 1 aliphatic heterocycles. The van der Waals surface area contributed by atoms with Gasteiger partial charge in [0.15, 0.2) is 10.9 Å². The summed E-state index contributed by atoms with van der Waals surface area (Å²) in [6.07, 6.45) is -0.0117. The molecular weight excluding hydrogens is 390 g/mol. The highest BCUT2D eigenvalue weighted by molar-refractivity contribution is 8.15. The molecule has 0 saturated carbocycles. The van der Waals surface area contributed by atoms with Gasteiger partial charge in [0.25, 0.3) is 0 Å². The van der Waals surface area contributed by atoms with Gasteiger partial charge >= 0.3 is 5.97 Å². The monoisotopic (exact) mass is 411 g/mol. The average molecular weight is 411 g/mol. The van der Waals surface area contributed by atoms with Crippen molar-refractivity contribution in [1.29, 1.82) is 0 Å². The lowest BCUT2D eigenvalue weighted by Crippen LogP contribution is -2.33. The molecule has 29 heavy (non-hydrogen) atoms. The third-order valence-corrected chi connectivity index (χ3v) is 5.28. The van der Waals surface area contributed by atoms with E-state index < -0.39 is 11.2 Å². The fourth-order valence-electron chi connectivity index (χ4n) is 2.81. The van der Waals surface area contributed by atoms with Crippen molar-refractivity contribution < 1.29 is 19.1 Å². The van der Waals surface area contributed by atoms with Crippen LogP contribution in [0.3, 0.4) is 0 Å². The number of amidine groups is 1. The number of amides is 2. The van der Waals surface area contributed by atoms with Crippen LogP contribution in [0.1, 0.15) is 20.3 Å². The molecule has 1 heterocycles. The predicted octanol–water partition coefficient (Wildman–Crippen LogP) is 3.59. The van der Waals surface area contributed by atoms with Crippen LogP contribution in [0.2, 0.25) is 0 Å². The van der Waals surface area contributed by atoms with E-state index in [-0.39, 0.29) is 24.0 Å². The number of esters is 1. The Hall–Kier alpha value is -3.13. The maximum absolute atomic E-state index is 12.7. The second-order valence-corrected chi connectivity index (χ2v) is 7.43. The lowest BCUT2D eigenvalue weighted by Gasteiger charge is -2.13. The van der Waals surface area contributed by atoms with Crippen LogP contribution in [-0.2, 0) is 14.4 Å². The number of para-hydroxylation sites is 3. The number of benzene rings is 2. The van der Waals surface area contributed by atoms with Crippen LogP contribution in [0.25, 0.3) is 0 Å². The molecule has 8 heteroatoms. The maximum atomic E-state index is 12.7. The van der Waals surface area contributed by atoms with Crippen LogP contribution >= 0.6 is 11.8 Å². The number of aliphatic imine (C=N–C) groups is 1. The van der Waals surface area contributed by atoms with E-state index in [1.165, 1.54) is 18.7 Å². The molecule has 2 aromatic carbocycles. The Morgan fingerprint density at radius 3 is 2.52 bits per heavy atom. The lowest BCUT2D eigenvalue weighted by atomic mass is 10.2. The van der Waals surface area contributed by atoms with E-state index in [4.69, 9.17) is 4.74 Å². The quantitative estimate of drug-likeness (QED) is 0.580. The number of nitrogens with one attached hydrogen (secondary N) is 1. The summed E-state index contributed by atoms with van der Waals surface area (Å²) < 4.78 is 5.10. The van der Waals surface area contributed by atoms with Gasteiger partial charge in [-0.05, 0) is 31.2 Å². The third kappa shape index (κ3) is 5.23. The second kappa shape index (κ2) is 9.38. The smallest absolute Gasteiger partial charge is 0.308 e. The van der Waals surface area contributed by atoms with E-state index in [1.54, 1.807) is 29.2 Å². The number of nitrogens with zero attached hydrogens (tertiary/aromatic N) is 2. The minimum absolute atomic E-state index is 0.0117. The fourth-order valence-corrected chi connectivity index (χ4v) is 4.03. The Bertz CT molecular complexity index is 946. The van der Waals surface area contributed by atoms with E-state index in [2.05, 4.69) is 10.3 Å². The summed E-state index contributed by atoms with van der Waals surface area (Å²) in [5.74, 6) is -0.697. The van der Waals surface area contributed by atoms with Gasteiger partial charge < -0.3 is 10.1 Å². The first-order chi connectivity index (χ1) is 14.0. The molecule has 1 N–H and O–H groups in total. The SMILES string of the molecule is CCN1C(=O)C(CC(=O)Nc2ccccc2OC(C)=O)SC1=Nc1ccccc1. The van der Waals surface area contributed by atoms with E-state index >= 15 is 0 Å². The number of rotatable bonds is 6. The number of carbonyl (C=O) groups excluding carboxylic acids is 3. The number of hydrogen-bond acceptors (Lipinski definition) is 6. The van der Waals surface area contributed by atoms with Crippen LogP contribution in [0.5, 0.6) is 5.75 Å². The highest BCUT2D eigenvalue weighted by Crippen LogP contribution is 2.32. The molecule has 2 amide bonds. The van der Waals surface area contributed by atoms with E-state index in [1.807, 2.05) is 37.3 Å². The van der Waals surface area contributed by atoms with Gasteiger partial charge in [0.2, 0.25) is 11.8 Å². The minimum atomic E-state index is -0.557. The molecule has 3 rings (SSSR count). The third-order valence-electron chi connectivity index (χ3n) is 4.10. The topological polar surface area (TPSA) is 88.1 Å². The molecule has 1 aliphatic rings. The van der Waals surface area contributed by atoms with E-state index in [9.17, 15) is 14.4 Å². The summed E-state index contributed by atoms with van der Waals surface area (Å²) >= 11 is 1.28. The first-order valence-corrected chi connectivity index (χ1v) is 10.0. The molecular formula is C21H21N3O4S. The number of anilines is 1. The average Bonchev–Trinajstić information content (AvgIpc) is 2.98. The molecule has 1 fully saturated rings. The van der Waals surface area contributed by atoms with Gasteiger partial charge in [0.1, 0.15) is 5.25 Å². The van der Waals surface area contributed by atoms with Crippen LogP contribution < -0.4 is 10.1 Å². The van der Waals surface area contributed by atoms with Crippen molar-refractivity contribution >= 4 is 46.1 Å². The fraction of sp³-hybridized carbons (Fsp3) is 0.238. The van der Waals surface area contributed by atoms with Gasteiger partial charge in [-0.15, -0.1) is 0 Å². The Morgan fingerprint density at radius 1 is 1.14 bits per heavy atom. The largest absolute Gasteiger partial charge is 0.424 e. The van der Waals surface area contributed by atoms with Crippen LogP contribution in [-0.4, -0.2) is 39.6 Å². The van der Waals surface area contributed by atoms with Gasteiger partial charge in [-0.1, -0.05) is 42.1 Å². The van der Waals surface area contributed by atoms with Crippen molar-refractivity contribution in [3.8, 4) is 5.75 Å². The standard InChI is InChI=1S/C21H21N3O4S/c1-3-24-20(27)18(29-21(24)22-15-9-5-4-6-10-15)13-19(26)23-16-11-7-8-12-17(16)28-14(2)25/h4-12,18H,3,13H2,1-2H3,(H,23,26). The van der Waals surface area contributed by atoms with Gasteiger partial charge in [0.05, 0.1) is 11.4 Å². The molecule has 1 saturated heterocycles. The Kier molecular flexibility index (Phi) is 6.66. The van der Waals surface area contributed by atoms with E-state index in [0.29, 0.717) is 17.4 Å². The van der Waals surface area contributed by atoms with Gasteiger partial charge in [-0.25, -0.2) is 4.99 Å². The highest BCUT2D eigenvalue weighted by atomic mass is 32.2. The van der Waals surface area contributed by atoms with Crippen molar-refractivity contribution in [3.05, 3.63) is 54.6 Å². The maximum Gasteiger partial charge on any atom is 0.308 e. The summed E-state index contributed by atoms with van der Waals surface area (Å²) in [6.45, 7) is 3.64. The second-order valence-electron chi connectivity index (χ2n) is 6.26. The molecule has 0 aromatic heterocycles. The Balaban J connectivity index is 1.70. The zero-order chi connectivity index (χ0) is 20.8.